The standard InChI is InChI=1S/C17H27BrN2/c1-2-20(13-16-7-11-19-12-8-16)15-17(14-18)9-5-3-4-6-10-17/h7-8,11-12H,2-6,9-10,13-15H2,1H3. The van der Waals surface area contributed by atoms with E-state index < -0.39 is 0 Å². The van der Waals surface area contributed by atoms with Crippen LogP contribution in [0, 0.1) is 5.41 Å². The molecule has 1 aliphatic carbocycles. The Labute approximate surface area is 132 Å². The van der Waals surface area contributed by atoms with Crippen molar-refractivity contribution in [3.8, 4) is 0 Å². The molecule has 1 fully saturated rings. The van der Waals surface area contributed by atoms with Gasteiger partial charge in [0.15, 0.2) is 0 Å². The van der Waals surface area contributed by atoms with Crippen LogP contribution in [0.1, 0.15) is 51.0 Å². The maximum atomic E-state index is 4.11. The molecule has 2 nitrogen and oxygen atoms in total. The Morgan fingerprint density at radius 1 is 1.15 bits per heavy atom. The lowest BCUT2D eigenvalue weighted by Crippen LogP contribution is -2.38. The van der Waals surface area contributed by atoms with E-state index in [4.69, 9.17) is 0 Å². The lowest BCUT2D eigenvalue weighted by molar-refractivity contribution is 0.151. The van der Waals surface area contributed by atoms with Crippen LogP contribution in [-0.4, -0.2) is 28.3 Å². The Hall–Kier alpha value is -0.410. The van der Waals surface area contributed by atoms with Crippen molar-refractivity contribution in [3.05, 3.63) is 30.1 Å². The first kappa shape index (κ1) is 16.0. The summed E-state index contributed by atoms with van der Waals surface area (Å²) in [5.74, 6) is 0. The third kappa shape index (κ3) is 4.56. The molecule has 1 aromatic rings. The normalized spacial score (nSPS) is 18.9. The first-order valence-electron chi connectivity index (χ1n) is 7.95. The molecule has 0 atom stereocenters. The number of hydrogen-bond donors (Lipinski definition) is 0. The van der Waals surface area contributed by atoms with Crippen molar-refractivity contribution in [3.63, 3.8) is 0 Å². The molecule has 2 rings (SSSR count). The van der Waals surface area contributed by atoms with E-state index in [1.54, 1.807) is 0 Å². The van der Waals surface area contributed by atoms with Gasteiger partial charge in [-0.3, -0.25) is 9.88 Å². The zero-order valence-corrected chi connectivity index (χ0v) is 14.2. The Kier molecular flexibility index (Phi) is 6.50. The lowest BCUT2D eigenvalue weighted by atomic mass is 9.82. The van der Waals surface area contributed by atoms with Crippen LogP contribution in [0.2, 0.25) is 0 Å². The summed E-state index contributed by atoms with van der Waals surface area (Å²) in [7, 11) is 0. The number of nitrogens with zero attached hydrogens (tertiary/aromatic N) is 2. The van der Waals surface area contributed by atoms with Gasteiger partial charge >= 0.3 is 0 Å². The van der Waals surface area contributed by atoms with Crippen LogP contribution >= 0.6 is 15.9 Å². The second-order valence-corrected chi connectivity index (χ2v) is 6.77. The number of hydrogen-bond acceptors (Lipinski definition) is 2. The summed E-state index contributed by atoms with van der Waals surface area (Å²) in [5.41, 5.74) is 1.86. The second-order valence-electron chi connectivity index (χ2n) is 6.21. The van der Waals surface area contributed by atoms with Crippen LogP contribution < -0.4 is 0 Å². The van der Waals surface area contributed by atoms with Crippen LogP contribution in [-0.2, 0) is 6.54 Å². The van der Waals surface area contributed by atoms with Gasteiger partial charge in [-0.2, -0.15) is 0 Å². The Morgan fingerprint density at radius 3 is 2.35 bits per heavy atom. The fraction of sp³-hybridized carbons (Fsp3) is 0.706. The van der Waals surface area contributed by atoms with Crippen molar-refractivity contribution in [1.82, 2.24) is 9.88 Å². The Morgan fingerprint density at radius 2 is 1.80 bits per heavy atom. The number of alkyl halides is 1. The molecule has 0 bridgehead atoms. The smallest absolute Gasteiger partial charge is 0.0271 e. The van der Waals surface area contributed by atoms with E-state index in [1.165, 1.54) is 50.6 Å². The third-order valence-corrected chi connectivity index (χ3v) is 5.80. The van der Waals surface area contributed by atoms with E-state index in [9.17, 15) is 0 Å². The minimum absolute atomic E-state index is 0.486. The molecule has 0 radical (unpaired) electrons. The molecule has 1 aliphatic rings. The van der Waals surface area contributed by atoms with E-state index in [-0.39, 0.29) is 0 Å². The quantitative estimate of drug-likeness (QED) is 0.554. The van der Waals surface area contributed by atoms with Crippen LogP contribution in [0.3, 0.4) is 0 Å². The van der Waals surface area contributed by atoms with Gasteiger partial charge in [0.2, 0.25) is 0 Å². The molecule has 0 spiro atoms. The molecule has 3 heteroatoms. The van der Waals surface area contributed by atoms with Gasteiger partial charge in [-0.25, -0.2) is 0 Å². The summed E-state index contributed by atoms with van der Waals surface area (Å²) in [4.78, 5) is 6.71. The van der Waals surface area contributed by atoms with Gasteiger partial charge < -0.3 is 0 Å². The van der Waals surface area contributed by atoms with Gasteiger partial charge in [-0.15, -0.1) is 0 Å². The van der Waals surface area contributed by atoms with Crippen molar-refractivity contribution in [1.29, 1.82) is 0 Å². The molecule has 0 saturated heterocycles. The predicted octanol–water partition coefficient (Wildman–Crippen LogP) is 4.64. The Balaban J connectivity index is 1.99. The average Bonchev–Trinajstić information content (AvgIpc) is 2.74. The van der Waals surface area contributed by atoms with Crippen LogP contribution in [0.5, 0.6) is 0 Å². The fourth-order valence-corrected chi connectivity index (χ4v) is 4.05. The molecule has 112 valence electrons. The average molecular weight is 339 g/mol. The fourth-order valence-electron chi connectivity index (χ4n) is 3.31. The first-order valence-corrected chi connectivity index (χ1v) is 9.07. The molecule has 1 heterocycles. The van der Waals surface area contributed by atoms with Crippen LogP contribution in [0.15, 0.2) is 24.5 Å². The molecule has 0 aromatic carbocycles. The van der Waals surface area contributed by atoms with Gasteiger partial charge in [-0.1, -0.05) is 48.5 Å². The van der Waals surface area contributed by atoms with Gasteiger partial charge in [0, 0.05) is 30.8 Å². The number of halogens is 1. The van der Waals surface area contributed by atoms with E-state index in [1.807, 2.05) is 12.4 Å². The SMILES string of the molecule is CCN(Cc1ccncc1)CC1(CBr)CCCCCC1. The van der Waals surface area contributed by atoms with Crippen LogP contribution in [0.4, 0.5) is 0 Å². The monoisotopic (exact) mass is 338 g/mol. The van der Waals surface area contributed by atoms with Gasteiger partial charge in [0.25, 0.3) is 0 Å². The minimum Gasteiger partial charge on any atom is -0.299 e. The summed E-state index contributed by atoms with van der Waals surface area (Å²) >= 11 is 3.81. The van der Waals surface area contributed by atoms with Gasteiger partial charge in [-0.05, 0) is 42.5 Å². The number of aromatic nitrogens is 1. The number of pyridine rings is 1. The highest BCUT2D eigenvalue weighted by Crippen LogP contribution is 2.37. The largest absolute Gasteiger partial charge is 0.299 e. The van der Waals surface area contributed by atoms with Crippen LogP contribution in [0.25, 0.3) is 0 Å². The Bertz CT molecular complexity index is 372. The van der Waals surface area contributed by atoms with Crippen molar-refractivity contribution >= 4 is 15.9 Å². The van der Waals surface area contributed by atoms with E-state index in [2.05, 4.69) is 44.9 Å². The van der Waals surface area contributed by atoms with Crippen molar-refractivity contribution < 1.29 is 0 Å². The highest BCUT2D eigenvalue weighted by atomic mass is 79.9. The van der Waals surface area contributed by atoms with E-state index in [0.29, 0.717) is 5.41 Å². The molecular formula is C17H27BrN2. The summed E-state index contributed by atoms with van der Waals surface area (Å²) in [6, 6.07) is 4.27. The molecule has 1 saturated carbocycles. The summed E-state index contributed by atoms with van der Waals surface area (Å²) in [6.07, 6.45) is 12.2. The lowest BCUT2D eigenvalue weighted by Gasteiger charge is -2.36. The molecular weight excluding hydrogens is 312 g/mol. The second kappa shape index (κ2) is 8.14. The predicted molar refractivity (Wildman–Crippen MR) is 89.1 cm³/mol. The molecule has 20 heavy (non-hydrogen) atoms. The topological polar surface area (TPSA) is 16.1 Å². The van der Waals surface area contributed by atoms with Crippen molar-refractivity contribution in [2.45, 2.75) is 52.0 Å². The number of rotatable bonds is 6. The van der Waals surface area contributed by atoms with Gasteiger partial charge in [0.1, 0.15) is 0 Å². The summed E-state index contributed by atoms with van der Waals surface area (Å²) in [6.45, 7) is 5.67. The summed E-state index contributed by atoms with van der Waals surface area (Å²) < 4.78 is 0. The molecule has 0 aliphatic heterocycles. The van der Waals surface area contributed by atoms with E-state index in [0.717, 1.165) is 18.4 Å². The zero-order valence-electron chi connectivity index (χ0n) is 12.7. The third-order valence-electron chi connectivity index (χ3n) is 4.61. The first-order chi connectivity index (χ1) is 9.78. The highest BCUT2D eigenvalue weighted by molar-refractivity contribution is 9.09. The maximum absolute atomic E-state index is 4.11. The zero-order chi connectivity index (χ0) is 14.3. The molecule has 0 amide bonds. The highest BCUT2D eigenvalue weighted by Gasteiger charge is 2.31. The molecule has 1 aromatic heterocycles. The van der Waals surface area contributed by atoms with E-state index >= 15 is 0 Å². The molecule has 0 N–H and O–H groups in total. The minimum atomic E-state index is 0.486. The molecule has 0 unspecified atom stereocenters. The maximum Gasteiger partial charge on any atom is 0.0271 e. The summed E-state index contributed by atoms with van der Waals surface area (Å²) in [5, 5.41) is 1.15. The van der Waals surface area contributed by atoms with Crippen molar-refractivity contribution in [2.75, 3.05) is 18.4 Å². The van der Waals surface area contributed by atoms with Crippen molar-refractivity contribution in [2.24, 2.45) is 5.41 Å². The van der Waals surface area contributed by atoms with Gasteiger partial charge in [0.05, 0.1) is 0 Å².